The number of hydrogen-bond acceptors (Lipinski definition) is 4. The molecule has 0 saturated heterocycles. The Morgan fingerprint density at radius 2 is 2.00 bits per heavy atom. The topological polar surface area (TPSA) is 45.6 Å². The fourth-order valence-corrected chi connectivity index (χ4v) is 2.05. The van der Waals surface area contributed by atoms with E-state index in [0.717, 1.165) is 17.1 Å². The molecule has 0 saturated carbocycles. The lowest BCUT2D eigenvalue weighted by Crippen LogP contribution is -2.11. The minimum absolute atomic E-state index is 0.499. The number of methoxy groups -OCH3 is 1. The molecule has 0 amide bonds. The van der Waals surface area contributed by atoms with E-state index in [2.05, 4.69) is 4.98 Å². The summed E-state index contributed by atoms with van der Waals surface area (Å²) in [5, 5.41) is 9.76. The summed E-state index contributed by atoms with van der Waals surface area (Å²) < 4.78 is 5.37. The molecule has 0 spiro atoms. The van der Waals surface area contributed by atoms with Crippen LogP contribution in [0.25, 0.3) is 0 Å². The normalized spacial score (nSPS) is 12.0. The number of rotatable bonds is 5. The lowest BCUT2D eigenvalue weighted by molar-refractivity contribution is 0.169. The molecule has 20 heavy (non-hydrogen) atoms. The van der Waals surface area contributed by atoms with Crippen LogP contribution in [-0.4, -0.2) is 24.2 Å². The molecule has 0 aliphatic rings. The van der Waals surface area contributed by atoms with Gasteiger partial charge in [-0.1, -0.05) is 19.1 Å². The first-order chi connectivity index (χ1) is 9.67. The molecule has 106 valence electrons. The second-order valence-corrected chi connectivity index (χ2v) is 4.60. The molecule has 0 fully saturated rings. The Labute approximate surface area is 119 Å². The van der Waals surface area contributed by atoms with Crippen LogP contribution in [0.1, 0.15) is 25.1 Å². The average Bonchev–Trinajstić information content (AvgIpc) is 2.53. The van der Waals surface area contributed by atoms with Gasteiger partial charge in [-0.3, -0.25) is 4.98 Å². The molecule has 0 radical (unpaired) electrons. The van der Waals surface area contributed by atoms with E-state index < -0.39 is 6.10 Å². The quantitative estimate of drug-likeness (QED) is 0.907. The minimum atomic E-state index is -0.499. The fourth-order valence-electron chi connectivity index (χ4n) is 2.05. The Balaban J connectivity index is 2.27. The highest BCUT2D eigenvalue weighted by molar-refractivity contribution is 5.68. The Morgan fingerprint density at radius 1 is 1.25 bits per heavy atom. The Morgan fingerprint density at radius 3 is 2.60 bits per heavy atom. The molecule has 1 heterocycles. The summed E-state index contributed by atoms with van der Waals surface area (Å²) in [7, 11) is 3.62. The molecular formula is C16H20N2O2. The van der Waals surface area contributed by atoms with E-state index in [9.17, 15) is 5.11 Å². The summed E-state index contributed by atoms with van der Waals surface area (Å²) in [6.07, 6.45) is 1.93. The third-order valence-corrected chi connectivity index (χ3v) is 3.33. The van der Waals surface area contributed by atoms with E-state index in [0.29, 0.717) is 12.1 Å². The maximum Gasteiger partial charge on any atom is 0.142 e. The maximum atomic E-state index is 9.76. The summed E-state index contributed by atoms with van der Waals surface area (Å²) in [4.78, 5) is 6.33. The van der Waals surface area contributed by atoms with E-state index in [-0.39, 0.29) is 0 Å². The van der Waals surface area contributed by atoms with Crippen molar-refractivity contribution in [2.24, 2.45) is 0 Å². The van der Waals surface area contributed by atoms with Crippen molar-refractivity contribution in [3.8, 4) is 5.75 Å². The predicted octanol–water partition coefficient (Wildman–Crippen LogP) is 3.30. The molecule has 4 nitrogen and oxygen atoms in total. The smallest absolute Gasteiger partial charge is 0.142 e. The summed E-state index contributed by atoms with van der Waals surface area (Å²) >= 11 is 0. The molecule has 0 aliphatic heterocycles. The molecule has 1 atom stereocenters. The lowest BCUT2D eigenvalue weighted by Gasteiger charge is -2.21. The van der Waals surface area contributed by atoms with Crippen molar-refractivity contribution >= 4 is 11.4 Å². The van der Waals surface area contributed by atoms with Crippen LogP contribution in [0.2, 0.25) is 0 Å². The van der Waals surface area contributed by atoms with Crippen LogP contribution < -0.4 is 9.64 Å². The molecule has 2 rings (SSSR count). The highest BCUT2D eigenvalue weighted by Crippen LogP contribution is 2.32. The number of benzene rings is 1. The van der Waals surface area contributed by atoms with Gasteiger partial charge < -0.3 is 14.7 Å². The Hall–Kier alpha value is -2.07. The molecule has 4 heteroatoms. The fraction of sp³-hybridized carbons (Fsp3) is 0.312. The van der Waals surface area contributed by atoms with Gasteiger partial charge >= 0.3 is 0 Å². The second-order valence-electron chi connectivity index (χ2n) is 4.60. The van der Waals surface area contributed by atoms with Crippen molar-refractivity contribution in [3.05, 3.63) is 48.3 Å². The van der Waals surface area contributed by atoms with Gasteiger partial charge in [0.05, 0.1) is 36.5 Å². The van der Waals surface area contributed by atoms with Crippen molar-refractivity contribution in [3.63, 3.8) is 0 Å². The maximum absolute atomic E-state index is 9.76. The summed E-state index contributed by atoms with van der Waals surface area (Å²) in [5.74, 6) is 0.813. The number of anilines is 2. The van der Waals surface area contributed by atoms with Crippen molar-refractivity contribution in [2.45, 2.75) is 19.4 Å². The first-order valence-electron chi connectivity index (χ1n) is 6.68. The highest BCUT2D eigenvalue weighted by Gasteiger charge is 2.11. The first kappa shape index (κ1) is 14.3. The number of hydrogen-bond donors (Lipinski definition) is 1. The lowest BCUT2D eigenvalue weighted by atomic mass is 10.2. The predicted molar refractivity (Wildman–Crippen MR) is 80.5 cm³/mol. The largest absolute Gasteiger partial charge is 0.495 e. The van der Waals surface area contributed by atoms with Gasteiger partial charge in [-0.15, -0.1) is 0 Å². The molecule has 1 aromatic heterocycles. The molecule has 0 unspecified atom stereocenters. The van der Waals surface area contributed by atoms with Crippen molar-refractivity contribution < 1.29 is 9.84 Å². The van der Waals surface area contributed by atoms with Crippen molar-refractivity contribution in [1.82, 2.24) is 4.98 Å². The molecule has 1 N–H and O–H groups in total. The van der Waals surface area contributed by atoms with Crippen LogP contribution in [0, 0.1) is 0 Å². The van der Waals surface area contributed by atoms with Gasteiger partial charge in [-0.2, -0.15) is 0 Å². The summed E-state index contributed by atoms with van der Waals surface area (Å²) in [6, 6.07) is 11.6. The van der Waals surface area contributed by atoms with Gasteiger partial charge in [0.2, 0.25) is 0 Å². The SMILES string of the molecule is CC[C@H](O)c1ccc(N(C)c2ccccc2OC)cn1. The highest BCUT2D eigenvalue weighted by atomic mass is 16.5. The minimum Gasteiger partial charge on any atom is -0.495 e. The zero-order chi connectivity index (χ0) is 14.5. The first-order valence-corrected chi connectivity index (χ1v) is 6.68. The van der Waals surface area contributed by atoms with Crippen LogP contribution >= 0.6 is 0 Å². The molecule has 2 aromatic rings. The van der Waals surface area contributed by atoms with E-state index in [1.807, 2.05) is 55.3 Å². The van der Waals surface area contributed by atoms with Gasteiger partial charge in [0.25, 0.3) is 0 Å². The molecule has 0 aliphatic carbocycles. The van der Waals surface area contributed by atoms with Crippen LogP contribution in [0.3, 0.4) is 0 Å². The number of aromatic nitrogens is 1. The van der Waals surface area contributed by atoms with Crippen molar-refractivity contribution in [2.75, 3.05) is 19.1 Å². The van der Waals surface area contributed by atoms with E-state index >= 15 is 0 Å². The van der Waals surface area contributed by atoms with Crippen LogP contribution in [0.15, 0.2) is 42.6 Å². The standard InChI is InChI=1S/C16H20N2O2/c1-4-15(19)13-10-9-12(11-17-13)18(2)14-7-5-6-8-16(14)20-3/h5-11,15,19H,4H2,1-3H3/t15-/m0/s1. The third kappa shape index (κ3) is 2.91. The van der Waals surface area contributed by atoms with Gasteiger partial charge in [0.1, 0.15) is 5.75 Å². The van der Waals surface area contributed by atoms with Crippen LogP contribution in [0.5, 0.6) is 5.75 Å². The van der Waals surface area contributed by atoms with Crippen molar-refractivity contribution in [1.29, 1.82) is 0 Å². The average molecular weight is 272 g/mol. The van der Waals surface area contributed by atoms with E-state index in [1.54, 1.807) is 13.3 Å². The van der Waals surface area contributed by atoms with Gasteiger partial charge in [-0.25, -0.2) is 0 Å². The molecule has 1 aromatic carbocycles. The Kier molecular flexibility index (Phi) is 4.58. The number of nitrogens with zero attached hydrogens (tertiary/aromatic N) is 2. The Bertz CT molecular complexity index is 555. The zero-order valence-electron chi connectivity index (χ0n) is 12.1. The number of aliphatic hydroxyl groups is 1. The second kappa shape index (κ2) is 6.39. The third-order valence-electron chi connectivity index (χ3n) is 3.33. The van der Waals surface area contributed by atoms with Gasteiger partial charge in [-0.05, 0) is 30.7 Å². The summed E-state index contributed by atoms with van der Waals surface area (Å²) in [6.45, 7) is 1.93. The van der Waals surface area contributed by atoms with E-state index in [4.69, 9.17) is 4.74 Å². The van der Waals surface area contributed by atoms with Crippen LogP contribution in [0.4, 0.5) is 11.4 Å². The molecule has 0 bridgehead atoms. The van der Waals surface area contributed by atoms with Crippen LogP contribution in [-0.2, 0) is 0 Å². The van der Waals surface area contributed by atoms with Gasteiger partial charge in [0.15, 0.2) is 0 Å². The number of para-hydroxylation sites is 2. The number of pyridine rings is 1. The summed E-state index contributed by atoms with van der Waals surface area (Å²) in [5.41, 5.74) is 2.62. The molecular weight excluding hydrogens is 252 g/mol. The number of ether oxygens (including phenoxy) is 1. The zero-order valence-corrected chi connectivity index (χ0v) is 12.1. The van der Waals surface area contributed by atoms with Gasteiger partial charge in [0, 0.05) is 7.05 Å². The number of aliphatic hydroxyl groups excluding tert-OH is 1. The monoisotopic (exact) mass is 272 g/mol. The van der Waals surface area contributed by atoms with E-state index in [1.165, 1.54) is 0 Å².